The van der Waals surface area contributed by atoms with Gasteiger partial charge in [-0.25, -0.2) is 0 Å². The average molecular weight is 376 g/mol. The van der Waals surface area contributed by atoms with Crippen LogP contribution in [0.15, 0.2) is 54.6 Å². The highest BCUT2D eigenvalue weighted by atomic mass is 16.2. The third-order valence-electron chi connectivity index (χ3n) is 6.35. The number of nitrogens with one attached hydrogen (secondary N) is 1. The summed E-state index contributed by atoms with van der Waals surface area (Å²) >= 11 is 0. The van der Waals surface area contributed by atoms with E-state index in [-0.39, 0.29) is 17.4 Å². The molecule has 28 heavy (non-hydrogen) atoms. The van der Waals surface area contributed by atoms with Crippen LogP contribution in [0.5, 0.6) is 0 Å². The van der Waals surface area contributed by atoms with Crippen LogP contribution in [0.25, 0.3) is 6.08 Å². The van der Waals surface area contributed by atoms with Crippen molar-refractivity contribution in [2.24, 2.45) is 0 Å². The SMILES string of the molecule is C[C@@H]1CC(=O)N[C@]2(/C=C\c3ccc(N(C)C)cc3)N1c1ccccc1C2(C)C. The summed E-state index contributed by atoms with van der Waals surface area (Å²) in [6.45, 7) is 6.60. The van der Waals surface area contributed by atoms with Crippen molar-refractivity contribution in [2.45, 2.75) is 44.3 Å². The van der Waals surface area contributed by atoms with Gasteiger partial charge in [-0.2, -0.15) is 0 Å². The van der Waals surface area contributed by atoms with Crippen LogP contribution >= 0.6 is 0 Å². The summed E-state index contributed by atoms with van der Waals surface area (Å²) in [6.07, 6.45) is 4.83. The lowest BCUT2D eigenvalue weighted by atomic mass is 9.74. The van der Waals surface area contributed by atoms with Gasteiger partial charge in [-0.15, -0.1) is 0 Å². The molecule has 2 aliphatic heterocycles. The van der Waals surface area contributed by atoms with E-state index in [0.717, 1.165) is 5.56 Å². The van der Waals surface area contributed by atoms with E-state index in [0.29, 0.717) is 6.42 Å². The number of hydrogen-bond donors (Lipinski definition) is 1. The van der Waals surface area contributed by atoms with Gasteiger partial charge in [0.1, 0.15) is 5.66 Å². The van der Waals surface area contributed by atoms with Crippen LogP contribution in [0.1, 0.15) is 38.3 Å². The molecule has 0 radical (unpaired) electrons. The summed E-state index contributed by atoms with van der Waals surface area (Å²) in [6, 6.07) is 17.1. The van der Waals surface area contributed by atoms with Crippen LogP contribution in [0.2, 0.25) is 0 Å². The highest BCUT2D eigenvalue weighted by Crippen LogP contribution is 2.53. The minimum absolute atomic E-state index is 0.109. The Morgan fingerprint density at radius 3 is 2.46 bits per heavy atom. The Hall–Kier alpha value is -2.75. The summed E-state index contributed by atoms with van der Waals surface area (Å²) in [5.74, 6) is 0.109. The molecule has 2 aromatic carbocycles. The van der Waals surface area contributed by atoms with Gasteiger partial charge in [-0.05, 0) is 42.3 Å². The van der Waals surface area contributed by atoms with E-state index in [2.05, 4.69) is 96.6 Å². The Balaban J connectivity index is 1.80. The fourth-order valence-corrected chi connectivity index (χ4v) is 4.76. The molecule has 1 saturated heterocycles. The number of nitrogens with zero attached hydrogens (tertiary/aromatic N) is 2. The number of carbonyl (C=O) groups excluding carboxylic acids is 1. The number of carbonyl (C=O) groups is 1. The maximum absolute atomic E-state index is 12.6. The molecule has 2 heterocycles. The monoisotopic (exact) mass is 375 g/mol. The molecule has 146 valence electrons. The van der Waals surface area contributed by atoms with Gasteiger partial charge in [-0.1, -0.05) is 50.3 Å². The zero-order valence-corrected chi connectivity index (χ0v) is 17.4. The predicted molar refractivity (Wildman–Crippen MR) is 117 cm³/mol. The Labute approximate surface area is 167 Å². The van der Waals surface area contributed by atoms with Gasteiger partial charge in [0.15, 0.2) is 0 Å². The van der Waals surface area contributed by atoms with Crippen LogP contribution in [0.3, 0.4) is 0 Å². The highest BCUT2D eigenvalue weighted by molar-refractivity contribution is 5.85. The Morgan fingerprint density at radius 2 is 1.79 bits per heavy atom. The second-order valence-corrected chi connectivity index (χ2v) is 8.70. The number of para-hydroxylation sites is 1. The molecule has 0 aliphatic carbocycles. The van der Waals surface area contributed by atoms with E-state index in [1.165, 1.54) is 16.9 Å². The fraction of sp³-hybridized carbons (Fsp3) is 0.375. The second-order valence-electron chi connectivity index (χ2n) is 8.70. The lowest BCUT2D eigenvalue weighted by molar-refractivity contribution is -0.125. The first-order chi connectivity index (χ1) is 13.3. The summed E-state index contributed by atoms with van der Waals surface area (Å²) in [5, 5.41) is 3.35. The number of fused-ring (bicyclic) bond motifs is 3. The van der Waals surface area contributed by atoms with E-state index in [1.807, 2.05) is 14.1 Å². The third kappa shape index (κ3) is 2.62. The summed E-state index contributed by atoms with van der Waals surface area (Å²) < 4.78 is 0. The molecule has 1 amide bonds. The third-order valence-corrected chi connectivity index (χ3v) is 6.35. The minimum Gasteiger partial charge on any atom is -0.378 e. The maximum Gasteiger partial charge on any atom is 0.224 e. The molecular formula is C24H29N3O. The van der Waals surface area contributed by atoms with Gasteiger partial charge < -0.3 is 15.1 Å². The van der Waals surface area contributed by atoms with Gasteiger partial charge in [0, 0.05) is 43.3 Å². The van der Waals surface area contributed by atoms with Crippen molar-refractivity contribution in [1.82, 2.24) is 5.32 Å². The van der Waals surface area contributed by atoms with Crippen molar-refractivity contribution in [3.8, 4) is 0 Å². The highest BCUT2D eigenvalue weighted by Gasteiger charge is 2.59. The standard InChI is InChI=1S/C24H29N3O/c1-17-16-22(28)25-24(15-14-18-10-12-19(13-11-18)26(4)5)23(2,3)20-8-6-7-9-21(20)27(17)24/h6-15,17H,16H2,1-5H3,(H,25,28)/b15-14-/t17-,24-/m1/s1. The molecule has 4 nitrogen and oxygen atoms in total. The lowest BCUT2D eigenvalue weighted by Crippen LogP contribution is -2.71. The zero-order valence-electron chi connectivity index (χ0n) is 17.4. The molecule has 1 N–H and O–H groups in total. The number of hydrogen-bond acceptors (Lipinski definition) is 3. The Bertz CT molecular complexity index is 929. The lowest BCUT2D eigenvalue weighted by Gasteiger charge is -2.51. The van der Waals surface area contributed by atoms with E-state index in [1.54, 1.807) is 0 Å². The van der Waals surface area contributed by atoms with Crippen molar-refractivity contribution >= 4 is 23.4 Å². The van der Waals surface area contributed by atoms with Crippen molar-refractivity contribution < 1.29 is 4.79 Å². The smallest absolute Gasteiger partial charge is 0.224 e. The van der Waals surface area contributed by atoms with Crippen molar-refractivity contribution in [3.05, 3.63) is 65.7 Å². The summed E-state index contributed by atoms with van der Waals surface area (Å²) in [7, 11) is 4.08. The molecule has 4 heteroatoms. The molecule has 0 unspecified atom stereocenters. The molecule has 2 aromatic rings. The first-order valence-electron chi connectivity index (χ1n) is 9.93. The number of rotatable bonds is 3. The number of anilines is 2. The maximum atomic E-state index is 12.6. The molecule has 0 spiro atoms. The second kappa shape index (κ2) is 6.40. The Kier molecular flexibility index (Phi) is 4.25. The number of benzene rings is 2. The molecule has 0 saturated carbocycles. The molecular weight excluding hydrogens is 346 g/mol. The average Bonchev–Trinajstić information content (AvgIpc) is 2.85. The van der Waals surface area contributed by atoms with Crippen molar-refractivity contribution in [3.63, 3.8) is 0 Å². The predicted octanol–water partition coefficient (Wildman–Crippen LogP) is 4.17. The Morgan fingerprint density at radius 1 is 1.11 bits per heavy atom. The topological polar surface area (TPSA) is 35.6 Å². The van der Waals surface area contributed by atoms with E-state index in [4.69, 9.17) is 0 Å². The first kappa shape index (κ1) is 18.6. The quantitative estimate of drug-likeness (QED) is 0.875. The molecule has 0 aromatic heterocycles. The van der Waals surface area contributed by atoms with Crippen LogP contribution < -0.4 is 15.1 Å². The van der Waals surface area contributed by atoms with Gasteiger partial charge in [-0.3, -0.25) is 4.79 Å². The molecule has 4 rings (SSSR count). The van der Waals surface area contributed by atoms with Gasteiger partial charge in [0.05, 0.1) is 0 Å². The van der Waals surface area contributed by atoms with Gasteiger partial charge in [0.25, 0.3) is 0 Å². The van der Waals surface area contributed by atoms with E-state index in [9.17, 15) is 4.79 Å². The van der Waals surface area contributed by atoms with Crippen LogP contribution in [0.4, 0.5) is 11.4 Å². The van der Waals surface area contributed by atoms with Crippen molar-refractivity contribution in [1.29, 1.82) is 0 Å². The molecule has 0 bridgehead atoms. The summed E-state index contributed by atoms with van der Waals surface area (Å²) in [5.41, 5.74) is 3.95. The van der Waals surface area contributed by atoms with Crippen LogP contribution in [-0.2, 0) is 10.2 Å². The van der Waals surface area contributed by atoms with Crippen LogP contribution in [-0.4, -0.2) is 31.7 Å². The first-order valence-corrected chi connectivity index (χ1v) is 9.93. The molecule has 1 fully saturated rings. The van der Waals surface area contributed by atoms with Gasteiger partial charge >= 0.3 is 0 Å². The summed E-state index contributed by atoms with van der Waals surface area (Å²) in [4.78, 5) is 17.1. The van der Waals surface area contributed by atoms with E-state index >= 15 is 0 Å². The normalized spacial score (nSPS) is 25.4. The van der Waals surface area contributed by atoms with Gasteiger partial charge in [0.2, 0.25) is 5.91 Å². The van der Waals surface area contributed by atoms with E-state index < -0.39 is 5.66 Å². The van der Waals surface area contributed by atoms with Crippen LogP contribution in [0, 0.1) is 0 Å². The fourth-order valence-electron chi connectivity index (χ4n) is 4.76. The largest absolute Gasteiger partial charge is 0.378 e. The minimum atomic E-state index is -0.578. The van der Waals surface area contributed by atoms with Crippen molar-refractivity contribution in [2.75, 3.05) is 23.9 Å². The zero-order chi connectivity index (χ0) is 20.1. The molecule has 2 atom stereocenters. The number of amides is 1. The molecule has 2 aliphatic rings.